The molecule has 1 aliphatic carbocycles. The molecule has 1 aromatic rings. The van der Waals surface area contributed by atoms with Crippen LogP contribution in [0.4, 0.5) is 0 Å². The molecule has 0 saturated heterocycles. The lowest BCUT2D eigenvalue weighted by atomic mass is 10.1. The molecule has 1 fully saturated rings. The van der Waals surface area contributed by atoms with Crippen LogP contribution in [0.15, 0.2) is 22.7 Å². The first kappa shape index (κ1) is 15.0. The van der Waals surface area contributed by atoms with Crippen LogP contribution in [0.25, 0.3) is 0 Å². The largest absolute Gasteiger partial charge is 0.481 e. The Morgan fingerprint density at radius 1 is 1.40 bits per heavy atom. The van der Waals surface area contributed by atoms with E-state index in [4.69, 9.17) is 5.11 Å². The maximum Gasteiger partial charge on any atom is 0.306 e. The second-order valence-electron chi connectivity index (χ2n) is 5.37. The van der Waals surface area contributed by atoms with Gasteiger partial charge >= 0.3 is 5.97 Å². The standard InChI is InChI=1S/C15H18BrNO3/c1-9-2-3-10(6-13(9)16)7-14(18)17-12-5-4-11(8-12)15(19)20/h2-3,6,11-12H,4-5,7-8H2,1H3,(H,17,18)(H,19,20)/t11-,12+/m0/s1. The number of nitrogens with one attached hydrogen (secondary N) is 1. The number of carbonyl (C=O) groups excluding carboxylic acids is 1. The van der Waals surface area contributed by atoms with Gasteiger partial charge in [-0.25, -0.2) is 0 Å². The molecule has 1 aliphatic rings. The Morgan fingerprint density at radius 3 is 2.75 bits per heavy atom. The average Bonchev–Trinajstić information content (AvgIpc) is 2.82. The zero-order chi connectivity index (χ0) is 14.7. The van der Waals surface area contributed by atoms with Crippen LogP contribution in [0.3, 0.4) is 0 Å². The summed E-state index contributed by atoms with van der Waals surface area (Å²) in [6, 6.07) is 5.86. The third-order valence-corrected chi connectivity index (χ3v) is 4.60. The number of benzene rings is 1. The van der Waals surface area contributed by atoms with Gasteiger partial charge in [-0.3, -0.25) is 9.59 Å². The minimum absolute atomic E-state index is 0.00232. The second kappa shape index (κ2) is 6.39. The number of carboxylic acids is 1. The Bertz CT molecular complexity index is 530. The fraction of sp³-hybridized carbons (Fsp3) is 0.467. The maximum atomic E-state index is 12.0. The highest BCUT2D eigenvalue weighted by atomic mass is 79.9. The minimum Gasteiger partial charge on any atom is -0.481 e. The van der Waals surface area contributed by atoms with Crippen LogP contribution in [0.1, 0.15) is 30.4 Å². The smallest absolute Gasteiger partial charge is 0.306 e. The molecule has 2 N–H and O–H groups in total. The molecule has 108 valence electrons. The van der Waals surface area contributed by atoms with Gasteiger partial charge < -0.3 is 10.4 Å². The van der Waals surface area contributed by atoms with E-state index in [0.29, 0.717) is 19.3 Å². The van der Waals surface area contributed by atoms with Crippen LogP contribution in [-0.4, -0.2) is 23.0 Å². The molecule has 0 spiro atoms. The van der Waals surface area contributed by atoms with Gasteiger partial charge in [0.2, 0.25) is 5.91 Å². The molecule has 1 aromatic carbocycles. The van der Waals surface area contributed by atoms with Crippen molar-refractivity contribution in [2.45, 2.75) is 38.6 Å². The van der Waals surface area contributed by atoms with Crippen molar-refractivity contribution in [1.82, 2.24) is 5.32 Å². The summed E-state index contributed by atoms with van der Waals surface area (Å²) in [5, 5.41) is 11.9. The molecule has 1 saturated carbocycles. The lowest BCUT2D eigenvalue weighted by Crippen LogP contribution is -2.34. The summed E-state index contributed by atoms with van der Waals surface area (Å²) in [7, 11) is 0. The number of carboxylic acid groups (broad SMARTS) is 1. The summed E-state index contributed by atoms with van der Waals surface area (Å²) in [5.41, 5.74) is 2.09. The van der Waals surface area contributed by atoms with Gasteiger partial charge in [-0.15, -0.1) is 0 Å². The molecule has 0 radical (unpaired) electrons. The first-order valence-corrected chi connectivity index (χ1v) is 7.52. The van der Waals surface area contributed by atoms with Crippen molar-refractivity contribution in [3.63, 3.8) is 0 Å². The first-order valence-electron chi connectivity index (χ1n) is 6.73. The van der Waals surface area contributed by atoms with Gasteiger partial charge in [0.05, 0.1) is 12.3 Å². The number of hydrogen-bond acceptors (Lipinski definition) is 2. The normalized spacial score (nSPS) is 21.7. The number of aliphatic carboxylic acids is 1. The van der Waals surface area contributed by atoms with Crippen molar-refractivity contribution in [1.29, 1.82) is 0 Å². The third-order valence-electron chi connectivity index (χ3n) is 3.75. The molecule has 0 heterocycles. The van der Waals surface area contributed by atoms with Crippen LogP contribution in [0.2, 0.25) is 0 Å². The second-order valence-corrected chi connectivity index (χ2v) is 6.23. The highest BCUT2D eigenvalue weighted by Gasteiger charge is 2.30. The van der Waals surface area contributed by atoms with Crippen LogP contribution >= 0.6 is 15.9 Å². The van der Waals surface area contributed by atoms with Crippen molar-refractivity contribution in [2.24, 2.45) is 5.92 Å². The Balaban J connectivity index is 1.87. The number of hydrogen-bond donors (Lipinski definition) is 2. The average molecular weight is 340 g/mol. The minimum atomic E-state index is -0.760. The van der Waals surface area contributed by atoms with Crippen LogP contribution in [-0.2, 0) is 16.0 Å². The van der Waals surface area contributed by atoms with E-state index in [0.717, 1.165) is 22.0 Å². The van der Waals surface area contributed by atoms with Crippen molar-refractivity contribution < 1.29 is 14.7 Å². The summed E-state index contributed by atoms with van der Waals surface area (Å²) in [5.74, 6) is -1.12. The molecule has 2 rings (SSSR count). The van der Waals surface area contributed by atoms with E-state index in [9.17, 15) is 9.59 Å². The first-order chi connectivity index (χ1) is 9.45. The van der Waals surface area contributed by atoms with Crippen molar-refractivity contribution in [3.8, 4) is 0 Å². The van der Waals surface area contributed by atoms with Gasteiger partial charge in [-0.05, 0) is 43.4 Å². The van der Waals surface area contributed by atoms with E-state index >= 15 is 0 Å². The molecular formula is C15H18BrNO3. The highest BCUT2D eigenvalue weighted by Crippen LogP contribution is 2.25. The molecule has 0 bridgehead atoms. The number of amides is 1. The van der Waals surface area contributed by atoms with Gasteiger partial charge in [0, 0.05) is 10.5 Å². The van der Waals surface area contributed by atoms with Crippen molar-refractivity contribution in [3.05, 3.63) is 33.8 Å². The van der Waals surface area contributed by atoms with E-state index in [2.05, 4.69) is 21.2 Å². The molecule has 2 atom stereocenters. The van der Waals surface area contributed by atoms with Crippen molar-refractivity contribution in [2.75, 3.05) is 0 Å². The van der Waals surface area contributed by atoms with E-state index in [-0.39, 0.29) is 17.9 Å². The molecule has 20 heavy (non-hydrogen) atoms. The Hall–Kier alpha value is -1.36. The third kappa shape index (κ3) is 3.82. The lowest BCUT2D eigenvalue weighted by Gasteiger charge is -2.12. The molecule has 1 amide bonds. The topological polar surface area (TPSA) is 66.4 Å². The SMILES string of the molecule is Cc1ccc(CC(=O)N[C@@H]2CC[C@H](C(=O)O)C2)cc1Br. The van der Waals surface area contributed by atoms with E-state index in [1.165, 1.54) is 0 Å². The summed E-state index contributed by atoms with van der Waals surface area (Å²) in [4.78, 5) is 22.8. The highest BCUT2D eigenvalue weighted by molar-refractivity contribution is 9.10. The Labute approximate surface area is 126 Å². The van der Waals surface area contributed by atoms with Gasteiger partial charge in [0.1, 0.15) is 0 Å². The molecule has 0 aromatic heterocycles. The molecule has 0 unspecified atom stereocenters. The molecular weight excluding hydrogens is 322 g/mol. The van der Waals surface area contributed by atoms with Gasteiger partial charge in [-0.2, -0.15) is 0 Å². The van der Waals surface area contributed by atoms with Crippen LogP contribution < -0.4 is 5.32 Å². The summed E-state index contributed by atoms with van der Waals surface area (Å²) in [6.45, 7) is 2.00. The Morgan fingerprint density at radius 2 is 2.15 bits per heavy atom. The predicted octanol–water partition coefficient (Wildman–Crippen LogP) is 2.67. The zero-order valence-corrected chi connectivity index (χ0v) is 12.9. The maximum absolute atomic E-state index is 12.0. The Kier molecular flexibility index (Phi) is 4.81. The zero-order valence-electron chi connectivity index (χ0n) is 11.4. The number of halogens is 1. The van der Waals surface area contributed by atoms with E-state index in [1.807, 2.05) is 25.1 Å². The predicted molar refractivity (Wildman–Crippen MR) is 79.5 cm³/mol. The lowest BCUT2D eigenvalue weighted by molar-refractivity contribution is -0.141. The molecule has 4 nitrogen and oxygen atoms in total. The van der Waals surface area contributed by atoms with Crippen molar-refractivity contribution >= 4 is 27.8 Å². The molecule has 0 aliphatic heterocycles. The summed E-state index contributed by atoms with van der Waals surface area (Å²) in [6.07, 6.45) is 2.27. The van der Waals surface area contributed by atoms with Crippen LogP contribution in [0.5, 0.6) is 0 Å². The van der Waals surface area contributed by atoms with Gasteiger partial charge in [-0.1, -0.05) is 28.1 Å². The quantitative estimate of drug-likeness (QED) is 0.886. The van der Waals surface area contributed by atoms with E-state index < -0.39 is 5.97 Å². The number of carbonyl (C=O) groups is 2. The van der Waals surface area contributed by atoms with E-state index in [1.54, 1.807) is 0 Å². The van der Waals surface area contributed by atoms with Crippen LogP contribution in [0, 0.1) is 12.8 Å². The monoisotopic (exact) mass is 339 g/mol. The fourth-order valence-electron chi connectivity index (χ4n) is 2.55. The fourth-order valence-corrected chi connectivity index (χ4v) is 2.97. The summed E-state index contributed by atoms with van der Waals surface area (Å²) >= 11 is 3.45. The summed E-state index contributed by atoms with van der Waals surface area (Å²) < 4.78 is 0.995. The number of aryl methyl sites for hydroxylation is 1. The van der Waals surface area contributed by atoms with Gasteiger partial charge in [0.15, 0.2) is 0 Å². The number of rotatable bonds is 4. The molecule has 5 heteroatoms. The van der Waals surface area contributed by atoms with Gasteiger partial charge in [0.25, 0.3) is 0 Å².